The van der Waals surface area contributed by atoms with Crippen LogP contribution >= 0.6 is 0 Å². The summed E-state index contributed by atoms with van der Waals surface area (Å²) in [6, 6.07) is 0. The zero-order valence-electron chi connectivity index (χ0n) is 34.0. The van der Waals surface area contributed by atoms with E-state index in [1.54, 1.807) is 0 Å². The number of carbonyl (C=O) groups is 2. The average Bonchev–Trinajstić information content (AvgIpc) is 3.10. The van der Waals surface area contributed by atoms with Gasteiger partial charge in [0.25, 0.3) is 0 Å². The fourth-order valence-electron chi connectivity index (χ4n) is 5.97. The summed E-state index contributed by atoms with van der Waals surface area (Å²) < 4.78 is 0. The van der Waals surface area contributed by atoms with E-state index in [0.717, 1.165) is 39.0 Å². The predicted octanol–water partition coefficient (Wildman–Crippen LogP) is 9.55. The first-order valence-corrected chi connectivity index (χ1v) is 21.8. The second kappa shape index (κ2) is 52.1. The second-order valence-electron chi connectivity index (χ2n) is 14.4. The molecule has 0 aliphatic rings. The summed E-state index contributed by atoms with van der Waals surface area (Å²) in [6.45, 7) is 9.69. The topological polar surface area (TPSA) is 162 Å². The lowest BCUT2D eigenvalue weighted by atomic mass is 10.0. The van der Waals surface area contributed by atoms with E-state index >= 15 is 0 Å². The largest absolute Gasteiger partial charge is 0.370 e. The van der Waals surface area contributed by atoms with Crippen molar-refractivity contribution in [1.82, 2.24) is 10.6 Å². The van der Waals surface area contributed by atoms with Crippen LogP contribution in [0, 0.1) is 0 Å². The van der Waals surface area contributed by atoms with Gasteiger partial charge in [0, 0.05) is 52.1 Å². The number of rotatable bonds is 39. The molecule has 0 aliphatic heterocycles. The summed E-state index contributed by atoms with van der Waals surface area (Å²) in [7, 11) is 0. The van der Waals surface area contributed by atoms with Crippen molar-refractivity contribution >= 4 is 11.8 Å². The van der Waals surface area contributed by atoms with E-state index in [2.05, 4.69) is 24.5 Å². The average molecular weight is 713 g/mol. The Bertz CT molecular complexity index is 571. The highest BCUT2D eigenvalue weighted by Crippen LogP contribution is 2.15. The first kappa shape index (κ1) is 53.1. The molecule has 0 heterocycles. The molecule has 0 fully saturated rings. The molecule has 0 spiro atoms. The Hall–Kier alpha value is -1.22. The van der Waals surface area contributed by atoms with Crippen molar-refractivity contribution in [2.45, 2.75) is 219 Å². The lowest BCUT2D eigenvalue weighted by Crippen LogP contribution is -2.32. The molecule has 0 aromatic rings. The molecule has 0 saturated heterocycles. The number of amides is 2. The van der Waals surface area contributed by atoms with Crippen molar-refractivity contribution in [3.8, 4) is 0 Å². The van der Waals surface area contributed by atoms with Crippen molar-refractivity contribution in [2.75, 3.05) is 39.3 Å². The van der Waals surface area contributed by atoms with E-state index in [-0.39, 0.29) is 11.8 Å². The van der Waals surface area contributed by atoms with Crippen molar-refractivity contribution in [3.63, 3.8) is 0 Å². The van der Waals surface area contributed by atoms with Crippen LogP contribution in [0.25, 0.3) is 0 Å². The molecule has 8 nitrogen and oxygen atoms in total. The Kier molecular flexibility index (Phi) is 55.4. The highest BCUT2D eigenvalue weighted by molar-refractivity contribution is 5.73. The first-order valence-electron chi connectivity index (χ1n) is 21.8. The number of unbranched alkanes of at least 4 members (excludes halogenated alkanes) is 28. The molecular weight excluding hydrogens is 621 g/mol. The molecule has 0 aromatic carbocycles. The first-order chi connectivity index (χ1) is 24.5. The minimum absolute atomic E-state index is 0.153. The van der Waals surface area contributed by atoms with E-state index < -0.39 is 0 Å². The Balaban J connectivity index is -0.000000701. The number of nitrogens with one attached hydrogen (secondary N) is 2. The van der Waals surface area contributed by atoms with Gasteiger partial charge in [-0.15, -0.1) is 0 Å². The van der Waals surface area contributed by atoms with Crippen LogP contribution in [0.2, 0.25) is 0 Å². The van der Waals surface area contributed by atoms with Crippen molar-refractivity contribution in [3.05, 3.63) is 0 Å². The third-order valence-corrected chi connectivity index (χ3v) is 9.17. The molecule has 0 saturated carbocycles. The highest BCUT2D eigenvalue weighted by atomic mass is 16.1. The maximum atomic E-state index is 10.6. The maximum absolute atomic E-state index is 10.6. The van der Waals surface area contributed by atoms with Crippen molar-refractivity contribution < 1.29 is 9.59 Å². The number of hydrogen-bond donors (Lipinski definition) is 6. The maximum Gasteiger partial charge on any atom is 0.217 e. The predicted molar refractivity (Wildman–Crippen MR) is 221 cm³/mol. The molecule has 0 aliphatic carbocycles. The van der Waals surface area contributed by atoms with Gasteiger partial charge in [-0.25, -0.2) is 0 Å². The van der Waals surface area contributed by atoms with Gasteiger partial charge < -0.3 is 33.6 Å². The molecule has 0 bridgehead atoms. The Morgan fingerprint density at radius 1 is 0.340 bits per heavy atom. The van der Waals surface area contributed by atoms with Crippen molar-refractivity contribution in [1.29, 1.82) is 0 Å². The van der Waals surface area contributed by atoms with Gasteiger partial charge in [0.15, 0.2) is 0 Å². The summed E-state index contributed by atoms with van der Waals surface area (Å²) in [4.78, 5) is 21.1. The lowest BCUT2D eigenvalue weighted by molar-refractivity contribution is -0.119. The van der Waals surface area contributed by atoms with Gasteiger partial charge in [0.05, 0.1) is 0 Å². The molecule has 0 unspecified atom stereocenters. The minimum Gasteiger partial charge on any atom is -0.370 e. The molecule has 8 heteroatoms. The molecule has 0 atom stereocenters. The van der Waals surface area contributed by atoms with Crippen LogP contribution in [0.3, 0.4) is 0 Å². The van der Waals surface area contributed by atoms with E-state index in [9.17, 15) is 9.59 Å². The summed E-state index contributed by atoms with van der Waals surface area (Å²) in [6.07, 6.45) is 41.8. The SMILES string of the molecule is CCCCCCCCCCCCCCCCCC(N)=O.CCCCCCCCCCCCCCCCCC(N)=O.NCCNCCNCCN. The third-order valence-electron chi connectivity index (χ3n) is 9.17. The van der Waals surface area contributed by atoms with E-state index in [4.69, 9.17) is 22.9 Å². The van der Waals surface area contributed by atoms with Gasteiger partial charge in [-0.05, 0) is 12.8 Å². The Morgan fingerprint density at radius 2 is 0.540 bits per heavy atom. The fraction of sp³-hybridized carbons (Fsp3) is 0.952. The number of primary amides is 2. The number of carbonyl (C=O) groups excluding carboxylic acids is 2. The highest BCUT2D eigenvalue weighted by Gasteiger charge is 1.97. The molecule has 0 rings (SSSR count). The normalized spacial score (nSPS) is 10.7. The number of hydrogen-bond acceptors (Lipinski definition) is 6. The third kappa shape index (κ3) is 62.0. The number of nitrogens with two attached hydrogens (primary N) is 4. The smallest absolute Gasteiger partial charge is 0.217 e. The van der Waals surface area contributed by atoms with Gasteiger partial charge in [0.2, 0.25) is 11.8 Å². The molecule has 0 aromatic heterocycles. The van der Waals surface area contributed by atoms with E-state index in [1.807, 2.05) is 0 Å². The molecule has 50 heavy (non-hydrogen) atoms. The van der Waals surface area contributed by atoms with Gasteiger partial charge in [-0.2, -0.15) is 0 Å². The zero-order chi connectivity index (χ0) is 37.4. The molecule has 0 radical (unpaired) electrons. The second-order valence-corrected chi connectivity index (χ2v) is 14.4. The van der Waals surface area contributed by atoms with Crippen molar-refractivity contribution in [2.24, 2.45) is 22.9 Å². The molecule has 2 amide bonds. The minimum atomic E-state index is -0.153. The van der Waals surface area contributed by atoms with Crippen LogP contribution in [0.5, 0.6) is 0 Å². The summed E-state index contributed by atoms with van der Waals surface area (Å²) >= 11 is 0. The monoisotopic (exact) mass is 713 g/mol. The van der Waals surface area contributed by atoms with Gasteiger partial charge in [-0.3, -0.25) is 9.59 Å². The quantitative estimate of drug-likeness (QED) is 0.0348. The van der Waals surface area contributed by atoms with Crippen LogP contribution in [-0.4, -0.2) is 51.1 Å². The zero-order valence-corrected chi connectivity index (χ0v) is 34.0. The molecule has 10 N–H and O–H groups in total. The summed E-state index contributed by atoms with van der Waals surface area (Å²) in [5, 5.41) is 6.33. The Morgan fingerprint density at radius 3 is 0.720 bits per heavy atom. The fourth-order valence-corrected chi connectivity index (χ4v) is 5.97. The summed E-state index contributed by atoms with van der Waals surface area (Å²) in [5.74, 6) is -0.306. The van der Waals surface area contributed by atoms with Crippen LogP contribution in [0.1, 0.15) is 219 Å². The van der Waals surface area contributed by atoms with Crippen LogP contribution in [0.4, 0.5) is 0 Å². The standard InChI is InChI=1S/2C18H37NO.C6H18N4/c2*1-2-3-4-5-6-7-8-9-10-11-12-13-14-15-16-17-18(19)20;7-1-3-9-5-6-10-4-2-8/h2*2-17H2,1H3,(H2,19,20);9-10H,1-8H2. The van der Waals surface area contributed by atoms with Crippen LogP contribution in [-0.2, 0) is 9.59 Å². The van der Waals surface area contributed by atoms with E-state index in [0.29, 0.717) is 25.9 Å². The van der Waals surface area contributed by atoms with E-state index in [1.165, 1.54) is 180 Å². The molecule has 302 valence electrons. The van der Waals surface area contributed by atoms with Gasteiger partial charge in [0.1, 0.15) is 0 Å². The Labute approximate surface area is 312 Å². The summed E-state index contributed by atoms with van der Waals surface area (Å²) in [5.41, 5.74) is 20.7. The van der Waals surface area contributed by atoms with Gasteiger partial charge in [-0.1, -0.05) is 194 Å². The van der Waals surface area contributed by atoms with Crippen LogP contribution in [0.15, 0.2) is 0 Å². The lowest BCUT2D eigenvalue weighted by Gasteiger charge is -2.03. The van der Waals surface area contributed by atoms with Gasteiger partial charge >= 0.3 is 0 Å². The van der Waals surface area contributed by atoms with Crippen LogP contribution < -0.4 is 33.6 Å². The molecular formula is C42H92N6O2.